The molecule has 1 aromatic rings. The zero-order valence-electron chi connectivity index (χ0n) is 7.36. The van der Waals surface area contributed by atoms with E-state index in [1.54, 1.807) is 11.6 Å². The molecule has 3 N–H and O–H groups in total. The van der Waals surface area contributed by atoms with Crippen molar-refractivity contribution in [3.63, 3.8) is 0 Å². The van der Waals surface area contributed by atoms with Crippen LogP contribution < -0.4 is 5.73 Å². The van der Waals surface area contributed by atoms with Crippen molar-refractivity contribution in [3.05, 3.63) is 6.33 Å². The Morgan fingerprint density at radius 2 is 2.42 bits per heavy atom. The van der Waals surface area contributed by atoms with Crippen molar-refractivity contribution in [1.29, 1.82) is 0 Å². The first-order chi connectivity index (χ1) is 5.53. The SMILES string of the molecule is CCC(C)(O)Cn1cnc(N)n1. The quantitative estimate of drug-likeness (QED) is 0.670. The molecule has 1 rings (SSSR count). The lowest BCUT2D eigenvalue weighted by atomic mass is 10.0. The van der Waals surface area contributed by atoms with Crippen LogP contribution >= 0.6 is 0 Å². The molecule has 1 aromatic heterocycles. The van der Waals surface area contributed by atoms with Gasteiger partial charge in [-0.3, -0.25) is 0 Å². The first-order valence-electron chi connectivity index (χ1n) is 3.91. The third-order valence-electron chi connectivity index (χ3n) is 1.82. The summed E-state index contributed by atoms with van der Waals surface area (Å²) < 4.78 is 1.54. The molecule has 0 aliphatic rings. The first kappa shape index (κ1) is 8.99. The average Bonchev–Trinajstić information content (AvgIpc) is 2.35. The van der Waals surface area contributed by atoms with Crippen molar-refractivity contribution in [2.75, 3.05) is 5.73 Å². The van der Waals surface area contributed by atoms with Crippen LogP contribution in [-0.4, -0.2) is 25.5 Å². The molecule has 0 saturated carbocycles. The number of nitrogen functional groups attached to an aromatic ring is 1. The Kier molecular flexibility index (Phi) is 2.32. The summed E-state index contributed by atoms with van der Waals surface area (Å²) >= 11 is 0. The zero-order chi connectivity index (χ0) is 9.19. The smallest absolute Gasteiger partial charge is 0.239 e. The molecule has 0 fully saturated rings. The molecule has 0 radical (unpaired) electrons. The Labute approximate surface area is 71.2 Å². The van der Waals surface area contributed by atoms with Gasteiger partial charge in [-0.15, -0.1) is 5.10 Å². The molecule has 68 valence electrons. The number of hydrogen-bond acceptors (Lipinski definition) is 4. The van der Waals surface area contributed by atoms with Gasteiger partial charge in [-0.25, -0.2) is 9.67 Å². The minimum atomic E-state index is -0.736. The number of anilines is 1. The topological polar surface area (TPSA) is 77.0 Å². The van der Waals surface area contributed by atoms with Crippen LogP contribution in [0.1, 0.15) is 20.3 Å². The summed E-state index contributed by atoms with van der Waals surface area (Å²) in [5.74, 6) is 0.238. The predicted octanol–water partition coefficient (Wildman–Crippen LogP) is 0.0213. The highest BCUT2D eigenvalue weighted by Gasteiger charge is 2.18. The minimum Gasteiger partial charge on any atom is -0.388 e. The summed E-state index contributed by atoms with van der Waals surface area (Å²) in [6.07, 6.45) is 2.19. The lowest BCUT2D eigenvalue weighted by molar-refractivity contribution is 0.0345. The summed E-state index contributed by atoms with van der Waals surface area (Å²) in [6, 6.07) is 0. The fraction of sp³-hybridized carbons (Fsp3) is 0.714. The molecular weight excluding hydrogens is 156 g/mol. The largest absolute Gasteiger partial charge is 0.388 e. The molecule has 1 unspecified atom stereocenters. The van der Waals surface area contributed by atoms with Crippen molar-refractivity contribution in [3.8, 4) is 0 Å². The highest BCUT2D eigenvalue weighted by Crippen LogP contribution is 2.10. The molecule has 0 aliphatic carbocycles. The molecule has 0 aromatic carbocycles. The lowest BCUT2D eigenvalue weighted by Gasteiger charge is -2.20. The van der Waals surface area contributed by atoms with Crippen LogP contribution in [0.25, 0.3) is 0 Å². The lowest BCUT2D eigenvalue weighted by Crippen LogP contribution is -2.29. The first-order valence-corrected chi connectivity index (χ1v) is 3.91. The van der Waals surface area contributed by atoms with E-state index in [1.165, 1.54) is 6.33 Å². The summed E-state index contributed by atoms with van der Waals surface area (Å²) in [6.45, 7) is 4.10. The van der Waals surface area contributed by atoms with Gasteiger partial charge in [-0.05, 0) is 13.3 Å². The van der Waals surface area contributed by atoms with E-state index in [2.05, 4.69) is 10.1 Å². The second-order valence-electron chi connectivity index (χ2n) is 3.15. The normalized spacial score (nSPS) is 15.9. The fourth-order valence-corrected chi connectivity index (χ4v) is 0.846. The molecule has 0 saturated heterocycles. The summed E-state index contributed by atoms with van der Waals surface area (Å²) in [5.41, 5.74) is 4.58. The van der Waals surface area contributed by atoms with Crippen LogP contribution in [-0.2, 0) is 6.54 Å². The van der Waals surface area contributed by atoms with E-state index in [1.807, 2.05) is 6.92 Å². The number of nitrogens with zero attached hydrogens (tertiary/aromatic N) is 3. The van der Waals surface area contributed by atoms with Crippen LogP contribution in [0.5, 0.6) is 0 Å². The predicted molar refractivity (Wildman–Crippen MR) is 45.3 cm³/mol. The van der Waals surface area contributed by atoms with Crippen molar-refractivity contribution in [2.24, 2.45) is 0 Å². The van der Waals surface area contributed by atoms with E-state index in [9.17, 15) is 5.11 Å². The highest BCUT2D eigenvalue weighted by molar-refractivity contribution is 5.09. The van der Waals surface area contributed by atoms with Gasteiger partial charge in [0.25, 0.3) is 0 Å². The molecular formula is C7H14N4O. The van der Waals surface area contributed by atoms with Crippen LogP contribution in [0.15, 0.2) is 6.33 Å². The van der Waals surface area contributed by atoms with E-state index in [-0.39, 0.29) is 5.95 Å². The number of aromatic nitrogens is 3. The number of rotatable bonds is 3. The van der Waals surface area contributed by atoms with E-state index in [0.717, 1.165) is 0 Å². The van der Waals surface area contributed by atoms with E-state index in [0.29, 0.717) is 13.0 Å². The molecule has 0 spiro atoms. The highest BCUT2D eigenvalue weighted by atomic mass is 16.3. The standard InChI is InChI=1S/C7H14N4O/c1-3-7(2,12)4-11-5-9-6(8)10-11/h5,12H,3-4H2,1-2H3,(H2,8,10). The van der Waals surface area contributed by atoms with Gasteiger partial charge in [0, 0.05) is 0 Å². The van der Waals surface area contributed by atoms with Crippen molar-refractivity contribution in [1.82, 2.24) is 14.8 Å². The average molecular weight is 170 g/mol. The molecule has 0 amide bonds. The molecule has 5 heteroatoms. The van der Waals surface area contributed by atoms with Gasteiger partial charge in [0.1, 0.15) is 6.33 Å². The fourth-order valence-electron chi connectivity index (χ4n) is 0.846. The molecule has 1 heterocycles. The van der Waals surface area contributed by atoms with Gasteiger partial charge < -0.3 is 10.8 Å². The van der Waals surface area contributed by atoms with Gasteiger partial charge in [0.2, 0.25) is 5.95 Å². The molecule has 1 atom stereocenters. The maximum atomic E-state index is 9.66. The Hall–Kier alpha value is -1.10. The zero-order valence-corrected chi connectivity index (χ0v) is 7.36. The maximum absolute atomic E-state index is 9.66. The number of aliphatic hydroxyl groups is 1. The van der Waals surface area contributed by atoms with Crippen LogP contribution in [0.4, 0.5) is 5.95 Å². The van der Waals surface area contributed by atoms with Gasteiger partial charge in [-0.1, -0.05) is 6.92 Å². The minimum absolute atomic E-state index is 0.238. The molecule has 12 heavy (non-hydrogen) atoms. The van der Waals surface area contributed by atoms with Crippen LogP contribution in [0.2, 0.25) is 0 Å². The number of nitrogens with two attached hydrogens (primary N) is 1. The second kappa shape index (κ2) is 3.10. The Bertz CT molecular complexity index is 256. The van der Waals surface area contributed by atoms with Gasteiger partial charge in [0.15, 0.2) is 0 Å². The van der Waals surface area contributed by atoms with E-state index < -0.39 is 5.60 Å². The van der Waals surface area contributed by atoms with Gasteiger partial charge in [0.05, 0.1) is 12.1 Å². The van der Waals surface area contributed by atoms with E-state index in [4.69, 9.17) is 5.73 Å². The van der Waals surface area contributed by atoms with Gasteiger partial charge >= 0.3 is 0 Å². The van der Waals surface area contributed by atoms with Crippen molar-refractivity contribution >= 4 is 5.95 Å². The second-order valence-corrected chi connectivity index (χ2v) is 3.15. The Morgan fingerprint density at radius 3 is 2.83 bits per heavy atom. The van der Waals surface area contributed by atoms with Crippen LogP contribution in [0.3, 0.4) is 0 Å². The molecule has 0 aliphatic heterocycles. The number of hydrogen-bond donors (Lipinski definition) is 2. The van der Waals surface area contributed by atoms with Crippen molar-refractivity contribution in [2.45, 2.75) is 32.4 Å². The van der Waals surface area contributed by atoms with E-state index >= 15 is 0 Å². The summed E-state index contributed by atoms with van der Waals surface area (Å²) in [5, 5.41) is 13.5. The molecule has 0 bridgehead atoms. The summed E-state index contributed by atoms with van der Waals surface area (Å²) in [4.78, 5) is 3.75. The third-order valence-corrected chi connectivity index (χ3v) is 1.82. The Morgan fingerprint density at radius 1 is 1.75 bits per heavy atom. The monoisotopic (exact) mass is 170 g/mol. The summed E-state index contributed by atoms with van der Waals surface area (Å²) in [7, 11) is 0. The van der Waals surface area contributed by atoms with Gasteiger partial charge in [-0.2, -0.15) is 0 Å². The third kappa shape index (κ3) is 2.20. The Balaban J connectivity index is 2.63. The maximum Gasteiger partial charge on any atom is 0.239 e. The van der Waals surface area contributed by atoms with Crippen molar-refractivity contribution < 1.29 is 5.11 Å². The van der Waals surface area contributed by atoms with Crippen LogP contribution in [0, 0.1) is 0 Å². The molecule has 5 nitrogen and oxygen atoms in total.